The first-order chi connectivity index (χ1) is 14.7. The molecule has 4 aromatic rings. The average Bonchev–Trinajstić information content (AvgIpc) is 3.24. The minimum absolute atomic E-state index is 0.104. The SMILES string of the molecule is COc1cccc(-c2[nH]nc3ncc4c(c23)CCN(C(=O)Nc2ccccc2)C4)c1. The summed E-state index contributed by atoms with van der Waals surface area (Å²) in [6.07, 6.45) is 2.57. The number of methoxy groups -OCH3 is 1. The molecule has 3 heterocycles. The number of ether oxygens (including phenoxy) is 1. The van der Waals surface area contributed by atoms with Crippen LogP contribution in [0.4, 0.5) is 10.5 Å². The molecule has 7 nitrogen and oxygen atoms in total. The van der Waals surface area contributed by atoms with E-state index in [1.54, 1.807) is 7.11 Å². The van der Waals surface area contributed by atoms with Gasteiger partial charge < -0.3 is 15.0 Å². The van der Waals surface area contributed by atoms with Gasteiger partial charge >= 0.3 is 6.03 Å². The predicted octanol–water partition coefficient (Wildman–Crippen LogP) is 4.22. The van der Waals surface area contributed by atoms with Crippen molar-refractivity contribution in [1.82, 2.24) is 20.1 Å². The monoisotopic (exact) mass is 399 g/mol. The van der Waals surface area contributed by atoms with Crippen LogP contribution >= 0.6 is 0 Å². The maximum Gasteiger partial charge on any atom is 0.322 e. The van der Waals surface area contributed by atoms with E-state index in [4.69, 9.17) is 4.74 Å². The number of carbonyl (C=O) groups is 1. The van der Waals surface area contributed by atoms with Crippen LogP contribution in [0.15, 0.2) is 60.8 Å². The van der Waals surface area contributed by atoms with Crippen LogP contribution < -0.4 is 10.1 Å². The molecule has 0 atom stereocenters. The van der Waals surface area contributed by atoms with Crippen molar-refractivity contribution in [1.29, 1.82) is 0 Å². The smallest absolute Gasteiger partial charge is 0.322 e. The highest BCUT2D eigenvalue weighted by Gasteiger charge is 2.25. The molecule has 0 aliphatic carbocycles. The molecule has 150 valence electrons. The molecule has 1 aliphatic heterocycles. The molecular weight excluding hydrogens is 378 g/mol. The molecule has 2 N–H and O–H groups in total. The molecule has 0 unspecified atom stereocenters. The number of anilines is 1. The van der Waals surface area contributed by atoms with E-state index >= 15 is 0 Å². The molecular formula is C23H21N5O2. The van der Waals surface area contributed by atoms with Crippen LogP contribution in [0.3, 0.4) is 0 Å². The molecule has 0 fully saturated rings. The molecule has 1 aliphatic rings. The zero-order valence-corrected chi connectivity index (χ0v) is 16.6. The number of nitrogens with one attached hydrogen (secondary N) is 2. The second-order valence-corrected chi connectivity index (χ2v) is 7.26. The third-order valence-electron chi connectivity index (χ3n) is 5.44. The van der Waals surface area contributed by atoms with Gasteiger partial charge in [-0.25, -0.2) is 9.78 Å². The lowest BCUT2D eigenvalue weighted by molar-refractivity contribution is 0.206. The Labute approximate surface area is 173 Å². The van der Waals surface area contributed by atoms with E-state index in [0.29, 0.717) is 18.7 Å². The summed E-state index contributed by atoms with van der Waals surface area (Å²) in [5.74, 6) is 0.789. The summed E-state index contributed by atoms with van der Waals surface area (Å²) in [6.45, 7) is 1.15. The molecule has 30 heavy (non-hydrogen) atoms. The number of para-hydroxylation sites is 1. The van der Waals surface area contributed by atoms with E-state index in [9.17, 15) is 4.79 Å². The quantitative estimate of drug-likeness (QED) is 0.540. The number of benzene rings is 2. The van der Waals surface area contributed by atoms with Gasteiger partial charge in [0, 0.05) is 30.5 Å². The minimum atomic E-state index is -0.104. The van der Waals surface area contributed by atoms with E-state index in [2.05, 4.69) is 20.5 Å². The third-order valence-corrected chi connectivity index (χ3v) is 5.44. The number of fused-ring (bicyclic) bond motifs is 3. The van der Waals surface area contributed by atoms with Gasteiger partial charge in [-0.3, -0.25) is 5.10 Å². The first kappa shape index (κ1) is 18.2. The Morgan fingerprint density at radius 3 is 2.87 bits per heavy atom. The lowest BCUT2D eigenvalue weighted by Gasteiger charge is -2.29. The highest BCUT2D eigenvalue weighted by molar-refractivity contribution is 5.95. The number of hydrogen-bond acceptors (Lipinski definition) is 4. The van der Waals surface area contributed by atoms with E-state index < -0.39 is 0 Å². The third kappa shape index (κ3) is 3.24. The lowest BCUT2D eigenvalue weighted by Crippen LogP contribution is -2.39. The van der Waals surface area contributed by atoms with Crippen molar-refractivity contribution in [2.45, 2.75) is 13.0 Å². The summed E-state index contributed by atoms with van der Waals surface area (Å²) in [4.78, 5) is 19.1. The number of hydrogen-bond donors (Lipinski definition) is 2. The summed E-state index contributed by atoms with van der Waals surface area (Å²) in [5.41, 5.74) is 5.63. The Hall–Kier alpha value is -3.87. The second kappa shape index (κ2) is 7.51. The first-order valence-corrected chi connectivity index (χ1v) is 9.83. The van der Waals surface area contributed by atoms with Gasteiger partial charge in [0.15, 0.2) is 5.65 Å². The summed E-state index contributed by atoms with van der Waals surface area (Å²) < 4.78 is 5.37. The zero-order chi connectivity index (χ0) is 20.5. The lowest BCUT2D eigenvalue weighted by atomic mass is 9.96. The summed E-state index contributed by atoms with van der Waals surface area (Å²) in [6, 6.07) is 17.3. The Bertz CT molecular complexity index is 1220. The number of pyridine rings is 1. The standard InChI is InChI=1S/C23H21N5O2/c1-30-18-9-5-6-15(12-18)21-20-19-10-11-28(14-16(19)13-24-22(20)27-26-21)23(29)25-17-7-3-2-4-8-17/h2-9,12-13H,10-11,14H2,1H3,(H,25,29)(H,24,26,27). The van der Waals surface area contributed by atoms with Crippen LogP contribution in [0.2, 0.25) is 0 Å². The predicted molar refractivity (Wildman–Crippen MR) is 115 cm³/mol. The maximum absolute atomic E-state index is 12.7. The van der Waals surface area contributed by atoms with Crippen molar-refractivity contribution in [2.75, 3.05) is 19.0 Å². The number of H-pyrrole nitrogens is 1. The molecule has 0 saturated heterocycles. The number of amides is 2. The second-order valence-electron chi connectivity index (χ2n) is 7.26. The molecule has 0 bridgehead atoms. The number of aromatic nitrogens is 3. The molecule has 5 rings (SSSR count). The number of urea groups is 1. The van der Waals surface area contributed by atoms with Gasteiger partial charge in [-0.2, -0.15) is 5.10 Å². The number of carbonyl (C=O) groups excluding carboxylic acids is 1. The van der Waals surface area contributed by atoms with Crippen LogP contribution in [-0.2, 0) is 13.0 Å². The van der Waals surface area contributed by atoms with Crippen molar-refractivity contribution in [2.24, 2.45) is 0 Å². The molecule has 0 saturated carbocycles. The largest absolute Gasteiger partial charge is 0.497 e. The maximum atomic E-state index is 12.7. The first-order valence-electron chi connectivity index (χ1n) is 9.83. The number of aromatic amines is 1. The van der Waals surface area contributed by atoms with E-state index in [0.717, 1.165) is 40.1 Å². The molecule has 0 radical (unpaired) electrons. The average molecular weight is 399 g/mol. The normalized spacial score (nSPS) is 13.2. The van der Waals surface area contributed by atoms with Crippen molar-refractivity contribution < 1.29 is 9.53 Å². The molecule has 7 heteroatoms. The van der Waals surface area contributed by atoms with Crippen LogP contribution in [0.1, 0.15) is 11.1 Å². The van der Waals surface area contributed by atoms with E-state index in [-0.39, 0.29) is 6.03 Å². The van der Waals surface area contributed by atoms with Crippen molar-refractivity contribution in [3.63, 3.8) is 0 Å². The minimum Gasteiger partial charge on any atom is -0.497 e. The van der Waals surface area contributed by atoms with Gasteiger partial charge in [0.1, 0.15) is 5.75 Å². The topological polar surface area (TPSA) is 83.1 Å². The summed E-state index contributed by atoms with van der Waals surface area (Å²) >= 11 is 0. The van der Waals surface area contributed by atoms with Crippen molar-refractivity contribution in [3.8, 4) is 17.0 Å². The Morgan fingerprint density at radius 1 is 1.17 bits per heavy atom. The van der Waals surface area contributed by atoms with Crippen LogP contribution in [0, 0.1) is 0 Å². The highest BCUT2D eigenvalue weighted by Crippen LogP contribution is 2.33. The van der Waals surface area contributed by atoms with Gasteiger partial charge in [-0.1, -0.05) is 30.3 Å². The van der Waals surface area contributed by atoms with Gasteiger partial charge in [0.05, 0.1) is 18.2 Å². The van der Waals surface area contributed by atoms with E-state index in [1.807, 2.05) is 65.7 Å². The molecule has 0 spiro atoms. The summed E-state index contributed by atoms with van der Waals surface area (Å²) in [7, 11) is 1.66. The van der Waals surface area contributed by atoms with Crippen molar-refractivity contribution in [3.05, 3.63) is 71.9 Å². The van der Waals surface area contributed by atoms with Crippen LogP contribution in [-0.4, -0.2) is 39.8 Å². The molecule has 2 aromatic carbocycles. The Morgan fingerprint density at radius 2 is 2.03 bits per heavy atom. The van der Waals surface area contributed by atoms with Crippen LogP contribution in [0.5, 0.6) is 5.75 Å². The fourth-order valence-corrected chi connectivity index (χ4v) is 3.93. The number of rotatable bonds is 3. The Balaban J connectivity index is 1.46. The number of nitrogens with zero attached hydrogens (tertiary/aromatic N) is 3. The molecule has 2 amide bonds. The van der Waals surface area contributed by atoms with Gasteiger partial charge in [-0.15, -0.1) is 0 Å². The van der Waals surface area contributed by atoms with E-state index in [1.165, 1.54) is 5.56 Å². The van der Waals surface area contributed by atoms with Crippen LogP contribution in [0.25, 0.3) is 22.3 Å². The highest BCUT2D eigenvalue weighted by atomic mass is 16.5. The van der Waals surface area contributed by atoms with Gasteiger partial charge in [0.2, 0.25) is 0 Å². The fourth-order valence-electron chi connectivity index (χ4n) is 3.93. The van der Waals surface area contributed by atoms with Crippen molar-refractivity contribution >= 4 is 22.8 Å². The zero-order valence-electron chi connectivity index (χ0n) is 16.6. The Kier molecular flexibility index (Phi) is 4.55. The fraction of sp³-hybridized carbons (Fsp3) is 0.174. The van der Waals surface area contributed by atoms with Gasteiger partial charge in [-0.05, 0) is 41.8 Å². The van der Waals surface area contributed by atoms with Gasteiger partial charge in [0.25, 0.3) is 0 Å². The molecule has 2 aromatic heterocycles. The summed E-state index contributed by atoms with van der Waals surface area (Å²) in [5, 5.41) is 11.5.